The molecule has 0 aliphatic carbocycles. The van der Waals surface area contributed by atoms with Crippen LogP contribution >= 0.6 is 0 Å². The Morgan fingerprint density at radius 3 is 2.33 bits per heavy atom. The van der Waals surface area contributed by atoms with E-state index in [1.807, 2.05) is 60.9 Å². The number of benzene rings is 2. The van der Waals surface area contributed by atoms with Crippen LogP contribution in [-0.4, -0.2) is 24.2 Å². The second-order valence-corrected chi connectivity index (χ2v) is 6.51. The van der Waals surface area contributed by atoms with Crippen molar-refractivity contribution in [2.45, 2.75) is 13.8 Å². The number of carbonyl (C=O) groups excluding carboxylic acids is 1. The third kappa shape index (κ3) is 4.70. The fourth-order valence-electron chi connectivity index (χ4n) is 3.05. The van der Waals surface area contributed by atoms with Gasteiger partial charge in [-0.2, -0.15) is 5.26 Å². The number of rotatable bonds is 7. The van der Waals surface area contributed by atoms with E-state index < -0.39 is 5.91 Å². The van der Waals surface area contributed by atoms with Crippen LogP contribution in [0.4, 0.5) is 5.69 Å². The molecule has 1 aromatic heterocycles. The maximum atomic E-state index is 12.6. The molecular weight excluding hydrogens is 378 g/mol. The molecule has 0 atom stereocenters. The number of aromatic nitrogens is 1. The number of methoxy groups -OCH3 is 1. The minimum absolute atomic E-state index is 0.0109. The highest BCUT2D eigenvalue weighted by Crippen LogP contribution is 2.22. The topological polar surface area (TPSA) is 76.3 Å². The number of nitrogens with zero attached hydrogens (tertiary/aromatic N) is 2. The van der Waals surface area contributed by atoms with Crippen LogP contribution in [-0.2, 0) is 4.79 Å². The maximum absolute atomic E-state index is 12.6. The summed E-state index contributed by atoms with van der Waals surface area (Å²) < 4.78 is 12.6. The first-order valence-corrected chi connectivity index (χ1v) is 9.54. The Kier molecular flexibility index (Phi) is 6.56. The molecule has 1 heterocycles. The van der Waals surface area contributed by atoms with E-state index in [1.54, 1.807) is 37.5 Å². The highest BCUT2D eigenvalue weighted by atomic mass is 16.5. The summed E-state index contributed by atoms with van der Waals surface area (Å²) in [5, 5.41) is 12.3. The van der Waals surface area contributed by atoms with Gasteiger partial charge in [0.05, 0.1) is 13.7 Å². The summed E-state index contributed by atoms with van der Waals surface area (Å²) >= 11 is 0. The fraction of sp³-hybridized carbons (Fsp3) is 0.167. The number of nitrogens with one attached hydrogen (secondary N) is 1. The van der Waals surface area contributed by atoms with Gasteiger partial charge in [-0.1, -0.05) is 0 Å². The Morgan fingerprint density at radius 1 is 1.07 bits per heavy atom. The van der Waals surface area contributed by atoms with Crippen molar-refractivity contribution in [3.8, 4) is 23.3 Å². The first-order valence-electron chi connectivity index (χ1n) is 9.54. The van der Waals surface area contributed by atoms with Crippen LogP contribution in [0.1, 0.15) is 18.3 Å². The Morgan fingerprint density at radius 2 is 1.73 bits per heavy atom. The molecule has 0 aliphatic rings. The molecule has 30 heavy (non-hydrogen) atoms. The smallest absolute Gasteiger partial charge is 0.266 e. The zero-order valence-electron chi connectivity index (χ0n) is 17.2. The van der Waals surface area contributed by atoms with Gasteiger partial charge in [-0.05, 0) is 80.6 Å². The first-order chi connectivity index (χ1) is 14.5. The summed E-state index contributed by atoms with van der Waals surface area (Å²) in [7, 11) is 1.62. The highest BCUT2D eigenvalue weighted by Gasteiger charge is 2.13. The Balaban J connectivity index is 1.85. The highest BCUT2D eigenvalue weighted by molar-refractivity contribution is 6.09. The standard InChI is InChI=1S/C24H23N3O3/c1-4-30-23-11-6-19(7-12-23)26-24(28)18(16-25)15-21-8-5-17(2)27(21)20-9-13-22(29-3)14-10-20/h5-15H,4H2,1-3H3,(H,26,28)/b18-15-. The van der Waals surface area contributed by atoms with Crippen LogP contribution in [0, 0.1) is 18.3 Å². The SMILES string of the molecule is CCOc1ccc(NC(=O)/C(C#N)=C\c2ccc(C)n2-c2ccc(OC)cc2)cc1. The summed E-state index contributed by atoms with van der Waals surface area (Å²) in [6, 6.07) is 20.4. The third-order valence-corrected chi connectivity index (χ3v) is 4.52. The Bertz CT molecular complexity index is 1090. The zero-order chi connectivity index (χ0) is 21.5. The summed E-state index contributed by atoms with van der Waals surface area (Å²) in [4.78, 5) is 12.6. The van der Waals surface area contributed by atoms with Crippen molar-refractivity contribution < 1.29 is 14.3 Å². The summed E-state index contributed by atoms with van der Waals surface area (Å²) in [6.45, 7) is 4.44. The molecule has 0 spiro atoms. The van der Waals surface area contributed by atoms with Gasteiger partial charge in [-0.15, -0.1) is 0 Å². The van der Waals surface area contributed by atoms with Gasteiger partial charge in [-0.3, -0.25) is 4.79 Å². The molecule has 0 aliphatic heterocycles. The van der Waals surface area contributed by atoms with Crippen molar-refractivity contribution in [2.75, 3.05) is 19.0 Å². The molecule has 0 bridgehead atoms. The van der Waals surface area contributed by atoms with Gasteiger partial charge in [0, 0.05) is 22.8 Å². The maximum Gasteiger partial charge on any atom is 0.266 e. The van der Waals surface area contributed by atoms with Crippen molar-refractivity contribution in [3.63, 3.8) is 0 Å². The van der Waals surface area contributed by atoms with E-state index in [0.717, 1.165) is 28.6 Å². The van der Waals surface area contributed by atoms with E-state index in [0.29, 0.717) is 12.3 Å². The van der Waals surface area contributed by atoms with Crippen molar-refractivity contribution in [2.24, 2.45) is 0 Å². The molecular formula is C24H23N3O3. The third-order valence-electron chi connectivity index (χ3n) is 4.52. The molecule has 0 saturated carbocycles. The number of hydrogen-bond donors (Lipinski definition) is 1. The quantitative estimate of drug-likeness (QED) is 0.458. The molecule has 6 heteroatoms. The number of anilines is 1. The number of hydrogen-bond acceptors (Lipinski definition) is 4. The van der Waals surface area contributed by atoms with Gasteiger partial charge in [0.15, 0.2) is 0 Å². The van der Waals surface area contributed by atoms with E-state index in [1.165, 1.54) is 0 Å². The normalized spacial score (nSPS) is 10.9. The van der Waals surface area contributed by atoms with Crippen LogP contribution in [0.25, 0.3) is 11.8 Å². The molecule has 3 rings (SSSR count). The minimum Gasteiger partial charge on any atom is -0.497 e. The molecule has 1 amide bonds. The first kappa shape index (κ1) is 20.7. The van der Waals surface area contributed by atoms with Gasteiger partial charge >= 0.3 is 0 Å². The van der Waals surface area contributed by atoms with E-state index in [-0.39, 0.29) is 5.57 Å². The van der Waals surface area contributed by atoms with Crippen LogP contribution in [0.15, 0.2) is 66.2 Å². The lowest BCUT2D eigenvalue weighted by Gasteiger charge is -2.11. The van der Waals surface area contributed by atoms with E-state index in [2.05, 4.69) is 5.32 Å². The molecule has 2 aromatic carbocycles. The lowest BCUT2D eigenvalue weighted by atomic mass is 10.2. The van der Waals surface area contributed by atoms with Crippen LogP contribution in [0.3, 0.4) is 0 Å². The molecule has 0 unspecified atom stereocenters. The van der Waals surface area contributed by atoms with Crippen LogP contribution in [0.5, 0.6) is 11.5 Å². The summed E-state index contributed by atoms with van der Waals surface area (Å²) in [5.41, 5.74) is 3.23. The summed E-state index contributed by atoms with van der Waals surface area (Å²) in [5.74, 6) is 1.01. The van der Waals surface area contributed by atoms with E-state index >= 15 is 0 Å². The number of carbonyl (C=O) groups is 1. The predicted octanol–water partition coefficient (Wildman–Crippen LogP) is 4.74. The number of nitriles is 1. The Hall–Kier alpha value is -3.98. The van der Waals surface area contributed by atoms with Gasteiger partial charge in [0.25, 0.3) is 5.91 Å². The number of aryl methyl sites for hydroxylation is 1. The van der Waals surface area contributed by atoms with Crippen molar-refractivity contribution >= 4 is 17.7 Å². The van der Waals surface area contributed by atoms with Gasteiger partial charge in [0.2, 0.25) is 0 Å². The van der Waals surface area contributed by atoms with E-state index in [9.17, 15) is 10.1 Å². The van der Waals surface area contributed by atoms with E-state index in [4.69, 9.17) is 9.47 Å². The van der Waals surface area contributed by atoms with Gasteiger partial charge in [0.1, 0.15) is 23.1 Å². The van der Waals surface area contributed by atoms with Gasteiger partial charge < -0.3 is 19.4 Å². The van der Waals surface area contributed by atoms with Crippen LogP contribution in [0.2, 0.25) is 0 Å². The average molecular weight is 401 g/mol. The second kappa shape index (κ2) is 9.48. The minimum atomic E-state index is -0.471. The second-order valence-electron chi connectivity index (χ2n) is 6.51. The molecule has 3 aromatic rings. The Labute approximate surface area is 176 Å². The lowest BCUT2D eigenvalue weighted by Crippen LogP contribution is -2.13. The molecule has 152 valence electrons. The van der Waals surface area contributed by atoms with Crippen LogP contribution < -0.4 is 14.8 Å². The van der Waals surface area contributed by atoms with Crippen molar-refractivity contribution in [3.05, 3.63) is 77.6 Å². The monoisotopic (exact) mass is 401 g/mol. The fourth-order valence-corrected chi connectivity index (χ4v) is 3.05. The largest absolute Gasteiger partial charge is 0.497 e. The average Bonchev–Trinajstić information content (AvgIpc) is 3.13. The van der Waals surface area contributed by atoms with Gasteiger partial charge in [-0.25, -0.2) is 0 Å². The molecule has 1 N–H and O–H groups in total. The molecule has 0 saturated heterocycles. The molecule has 0 fully saturated rings. The summed E-state index contributed by atoms with van der Waals surface area (Å²) in [6.07, 6.45) is 1.58. The molecule has 0 radical (unpaired) electrons. The van der Waals surface area contributed by atoms with Crippen molar-refractivity contribution in [1.82, 2.24) is 4.57 Å². The lowest BCUT2D eigenvalue weighted by molar-refractivity contribution is -0.112. The zero-order valence-corrected chi connectivity index (χ0v) is 17.2. The van der Waals surface area contributed by atoms with Crippen molar-refractivity contribution in [1.29, 1.82) is 5.26 Å². The molecule has 6 nitrogen and oxygen atoms in total. The number of amides is 1. The number of ether oxygens (including phenoxy) is 2. The predicted molar refractivity (Wildman–Crippen MR) is 117 cm³/mol.